The van der Waals surface area contributed by atoms with Crippen LogP contribution in [0.15, 0.2) is 47.4 Å². The van der Waals surface area contributed by atoms with E-state index in [0.717, 1.165) is 11.1 Å². The number of sulfonamides is 1. The quantitative estimate of drug-likeness (QED) is 0.835. The maximum atomic E-state index is 12.5. The van der Waals surface area contributed by atoms with Crippen molar-refractivity contribution in [3.8, 4) is 0 Å². The zero-order chi connectivity index (χ0) is 17.5. The number of anilines is 1. The van der Waals surface area contributed by atoms with Crippen LogP contribution in [0.5, 0.6) is 0 Å². The van der Waals surface area contributed by atoms with E-state index < -0.39 is 17.1 Å². The summed E-state index contributed by atoms with van der Waals surface area (Å²) in [5.41, 5.74) is 2.89. The molecular weight excluding hydrogens is 325 g/mol. The molecule has 3 rings (SSSR count). The lowest BCUT2D eigenvalue weighted by molar-refractivity contribution is 0.275. The Balaban J connectivity index is 1.85. The SMILES string of the molecule is CC(C)(C)c1ccc(S(=O)(=O)Nc2ccc3c(c2)B(O)OC3)cc1. The maximum Gasteiger partial charge on any atom is 0.491 e. The van der Waals surface area contributed by atoms with Crippen LogP contribution in [0, 0.1) is 0 Å². The molecule has 1 heterocycles. The molecule has 0 saturated carbocycles. The van der Waals surface area contributed by atoms with E-state index in [1.807, 2.05) is 12.1 Å². The standard InChI is InChI=1S/C17H20BNO4S/c1-17(2,3)13-5-8-15(9-6-13)24(21,22)19-14-7-4-12-11-23-18(20)16(12)10-14/h4-10,19-20H,11H2,1-3H3. The second-order valence-electron chi connectivity index (χ2n) is 6.96. The summed E-state index contributed by atoms with van der Waals surface area (Å²) in [5.74, 6) is 0. The average molecular weight is 345 g/mol. The van der Waals surface area contributed by atoms with Crippen LogP contribution in [0.25, 0.3) is 0 Å². The fourth-order valence-electron chi connectivity index (χ4n) is 2.63. The van der Waals surface area contributed by atoms with Crippen LogP contribution in [0.4, 0.5) is 5.69 Å². The molecule has 24 heavy (non-hydrogen) atoms. The number of benzene rings is 2. The van der Waals surface area contributed by atoms with Gasteiger partial charge in [0.15, 0.2) is 0 Å². The second kappa shape index (κ2) is 5.91. The molecule has 0 saturated heterocycles. The predicted molar refractivity (Wildman–Crippen MR) is 94.8 cm³/mol. The lowest BCUT2D eigenvalue weighted by atomic mass is 9.79. The normalized spacial score (nSPS) is 14.6. The molecule has 0 spiro atoms. The third kappa shape index (κ3) is 3.33. The largest absolute Gasteiger partial charge is 0.491 e. The van der Waals surface area contributed by atoms with Gasteiger partial charge in [-0.3, -0.25) is 4.72 Å². The van der Waals surface area contributed by atoms with E-state index in [-0.39, 0.29) is 10.3 Å². The van der Waals surface area contributed by atoms with E-state index in [9.17, 15) is 13.4 Å². The van der Waals surface area contributed by atoms with Gasteiger partial charge in [-0.05, 0) is 46.3 Å². The summed E-state index contributed by atoms with van der Waals surface area (Å²) in [4.78, 5) is 0.202. The Bertz CT molecular complexity index is 857. The van der Waals surface area contributed by atoms with Crippen LogP contribution in [0.2, 0.25) is 0 Å². The van der Waals surface area contributed by atoms with Gasteiger partial charge < -0.3 is 9.68 Å². The molecule has 0 amide bonds. The van der Waals surface area contributed by atoms with Crippen molar-refractivity contribution in [3.63, 3.8) is 0 Å². The van der Waals surface area contributed by atoms with Crippen molar-refractivity contribution in [2.75, 3.05) is 4.72 Å². The van der Waals surface area contributed by atoms with Crippen molar-refractivity contribution in [1.82, 2.24) is 0 Å². The Morgan fingerprint density at radius 1 is 1.12 bits per heavy atom. The molecule has 7 heteroatoms. The zero-order valence-corrected chi connectivity index (χ0v) is 14.7. The molecule has 0 atom stereocenters. The van der Waals surface area contributed by atoms with Crippen molar-refractivity contribution in [2.24, 2.45) is 0 Å². The number of fused-ring (bicyclic) bond motifs is 1. The van der Waals surface area contributed by atoms with E-state index in [1.54, 1.807) is 30.3 Å². The van der Waals surface area contributed by atoms with Gasteiger partial charge in [0.05, 0.1) is 11.5 Å². The first-order valence-electron chi connectivity index (χ1n) is 7.73. The maximum absolute atomic E-state index is 12.5. The zero-order valence-electron chi connectivity index (χ0n) is 13.9. The van der Waals surface area contributed by atoms with E-state index in [0.29, 0.717) is 17.8 Å². The minimum Gasteiger partial charge on any atom is -0.423 e. The minimum atomic E-state index is -3.68. The van der Waals surface area contributed by atoms with Gasteiger partial charge in [-0.15, -0.1) is 0 Å². The molecule has 5 nitrogen and oxygen atoms in total. The molecule has 0 unspecified atom stereocenters. The highest BCUT2D eigenvalue weighted by Gasteiger charge is 2.28. The predicted octanol–water partition coefficient (Wildman–Crippen LogP) is 2.00. The molecule has 0 fully saturated rings. The first kappa shape index (κ1) is 17.0. The first-order chi connectivity index (χ1) is 11.2. The molecule has 2 aromatic rings. The molecular formula is C17H20BNO4S. The molecule has 0 aliphatic carbocycles. The molecule has 0 bridgehead atoms. The first-order valence-corrected chi connectivity index (χ1v) is 9.21. The van der Waals surface area contributed by atoms with Gasteiger partial charge in [0.25, 0.3) is 10.0 Å². The van der Waals surface area contributed by atoms with Gasteiger partial charge >= 0.3 is 7.12 Å². The van der Waals surface area contributed by atoms with Crippen molar-refractivity contribution in [1.29, 1.82) is 0 Å². The Kier molecular flexibility index (Phi) is 4.19. The summed E-state index contributed by atoms with van der Waals surface area (Å²) in [7, 11) is -4.69. The van der Waals surface area contributed by atoms with Gasteiger partial charge in [-0.2, -0.15) is 0 Å². The molecule has 0 radical (unpaired) electrons. The molecule has 2 aromatic carbocycles. The summed E-state index contributed by atoms with van der Waals surface area (Å²) in [6, 6.07) is 11.9. The molecule has 126 valence electrons. The Morgan fingerprint density at radius 2 is 1.79 bits per heavy atom. The Morgan fingerprint density at radius 3 is 2.42 bits per heavy atom. The van der Waals surface area contributed by atoms with Gasteiger partial charge in [-0.1, -0.05) is 39.0 Å². The number of hydrogen-bond acceptors (Lipinski definition) is 4. The van der Waals surface area contributed by atoms with Crippen LogP contribution in [0.1, 0.15) is 31.9 Å². The highest BCUT2D eigenvalue weighted by molar-refractivity contribution is 7.92. The van der Waals surface area contributed by atoms with Crippen molar-refractivity contribution >= 4 is 28.3 Å². The van der Waals surface area contributed by atoms with Gasteiger partial charge in [0.2, 0.25) is 0 Å². The second-order valence-corrected chi connectivity index (χ2v) is 8.64. The van der Waals surface area contributed by atoms with Crippen molar-refractivity contribution < 1.29 is 18.1 Å². The summed E-state index contributed by atoms with van der Waals surface area (Å²) < 4.78 is 32.7. The van der Waals surface area contributed by atoms with E-state index in [1.165, 1.54) is 0 Å². The summed E-state index contributed by atoms with van der Waals surface area (Å²) in [6.45, 7) is 6.56. The summed E-state index contributed by atoms with van der Waals surface area (Å²) in [6.07, 6.45) is 0. The third-order valence-electron chi connectivity index (χ3n) is 4.09. The monoisotopic (exact) mass is 345 g/mol. The van der Waals surface area contributed by atoms with E-state index in [4.69, 9.17) is 4.65 Å². The third-order valence-corrected chi connectivity index (χ3v) is 5.49. The van der Waals surface area contributed by atoms with Gasteiger partial charge in [0, 0.05) is 5.69 Å². The summed E-state index contributed by atoms with van der Waals surface area (Å²) in [5, 5.41) is 9.73. The van der Waals surface area contributed by atoms with Crippen LogP contribution in [-0.4, -0.2) is 20.6 Å². The Hall–Kier alpha value is -1.83. The van der Waals surface area contributed by atoms with E-state index >= 15 is 0 Å². The van der Waals surface area contributed by atoms with Gasteiger partial charge in [0.1, 0.15) is 0 Å². The summed E-state index contributed by atoms with van der Waals surface area (Å²) >= 11 is 0. The smallest absolute Gasteiger partial charge is 0.423 e. The van der Waals surface area contributed by atoms with Crippen LogP contribution in [-0.2, 0) is 26.7 Å². The lowest BCUT2D eigenvalue weighted by Crippen LogP contribution is -2.28. The van der Waals surface area contributed by atoms with Crippen molar-refractivity contribution in [3.05, 3.63) is 53.6 Å². The fraction of sp³-hybridized carbons (Fsp3) is 0.294. The highest BCUT2D eigenvalue weighted by atomic mass is 32.2. The van der Waals surface area contributed by atoms with E-state index in [2.05, 4.69) is 25.5 Å². The number of rotatable bonds is 3. The van der Waals surface area contributed by atoms with Gasteiger partial charge in [-0.25, -0.2) is 8.42 Å². The van der Waals surface area contributed by atoms with Crippen LogP contribution in [0.3, 0.4) is 0 Å². The Labute approximate surface area is 142 Å². The van der Waals surface area contributed by atoms with Crippen LogP contribution < -0.4 is 10.2 Å². The number of nitrogens with one attached hydrogen (secondary N) is 1. The lowest BCUT2D eigenvalue weighted by Gasteiger charge is -2.19. The average Bonchev–Trinajstić information content (AvgIpc) is 2.87. The van der Waals surface area contributed by atoms with Crippen molar-refractivity contribution in [2.45, 2.75) is 37.7 Å². The fourth-order valence-corrected chi connectivity index (χ4v) is 3.68. The molecule has 0 aromatic heterocycles. The molecule has 2 N–H and O–H groups in total. The molecule has 1 aliphatic rings. The molecule has 1 aliphatic heterocycles. The topological polar surface area (TPSA) is 75.6 Å². The van der Waals surface area contributed by atoms with Crippen LogP contribution >= 0.6 is 0 Å². The number of hydrogen-bond donors (Lipinski definition) is 2. The minimum absolute atomic E-state index is 0.0359. The highest BCUT2D eigenvalue weighted by Crippen LogP contribution is 2.24.